The van der Waals surface area contributed by atoms with Crippen molar-refractivity contribution in [3.8, 4) is 0 Å². The number of carbonyl (C=O) groups is 1. The van der Waals surface area contributed by atoms with Crippen molar-refractivity contribution < 1.29 is 14.3 Å². The van der Waals surface area contributed by atoms with Gasteiger partial charge in [-0.1, -0.05) is 12.1 Å². The fraction of sp³-hybridized carbons (Fsp3) is 0.364. The molecule has 0 saturated heterocycles. The molecule has 0 spiro atoms. The minimum atomic E-state index is -0.144. The Balaban J connectivity index is 2.37. The molecule has 1 amide bonds. The molecule has 0 aliphatic rings. The van der Waals surface area contributed by atoms with Crippen LogP contribution in [0.1, 0.15) is 5.56 Å². The van der Waals surface area contributed by atoms with Crippen molar-refractivity contribution in [2.75, 3.05) is 25.5 Å². The molecule has 0 atom stereocenters. The smallest absolute Gasteiger partial charge is 0.224 e. The van der Waals surface area contributed by atoms with Crippen LogP contribution in [-0.4, -0.2) is 26.1 Å². The summed E-state index contributed by atoms with van der Waals surface area (Å²) in [7, 11) is 1.83. The summed E-state index contributed by atoms with van der Waals surface area (Å²) in [5.41, 5.74) is 1.91. The highest BCUT2D eigenvalue weighted by Gasteiger charge is 2.02. The van der Waals surface area contributed by atoms with Gasteiger partial charge >= 0.3 is 0 Å². The molecule has 1 aromatic rings. The lowest BCUT2D eigenvalue weighted by Gasteiger charge is -2.04. The zero-order chi connectivity index (χ0) is 11.8. The molecule has 0 aliphatic heterocycles. The second kappa shape index (κ2) is 6.79. The summed E-state index contributed by atoms with van der Waals surface area (Å²) in [4.78, 5) is 14.7. The number of carbonyl (C=O) groups excluding carboxylic acids is 1. The van der Waals surface area contributed by atoms with Crippen LogP contribution in [-0.2, 0) is 16.2 Å². The lowest BCUT2D eigenvalue weighted by Crippen LogP contribution is -2.28. The SMILES string of the molecule is CNc1ccc(CC(=O)NCCOF)cc1. The number of benzene rings is 1. The fourth-order valence-corrected chi connectivity index (χ4v) is 1.27. The summed E-state index contributed by atoms with van der Waals surface area (Å²) in [6.07, 6.45) is 0.288. The van der Waals surface area contributed by atoms with E-state index in [0.717, 1.165) is 11.3 Å². The zero-order valence-electron chi connectivity index (χ0n) is 9.13. The third-order valence-corrected chi connectivity index (χ3v) is 2.11. The molecule has 0 aromatic heterocycles. The van der Waals surface area contributed by atoms with Crippen LogP contribution in [0.5, 0.6) is 0 Å². The molecular formula is C11H15FN2O2. The largest absolute Gasteiger partial charge is 0.388 e. The Kier molecular flexibility index (Phi) is 5.28. The van der Waals surface area contributed by atoms with E-state index in [0.29, 0.717) is 0 Å². The van der Waals surface area contributed by atoms with Crippen LogP contribution in [0.15, 0.2) is 24.3 Å². The van der Waals surface area contributed by atoms with Gasteiger partial charge in [0.25, 0.3) is 0 Å². The van der Waals surface area contributed by atoms with Gasteiger partial charge in [-0.3, -0.25) is 4.79 Å². The third kappa shape index (κ3) is 4.27. The van der Waals surface area contributed by atoms with E-state index in [4.69, 9.17) is 0 Å². The molecule has 0 saturated carbocycles. The van der Waals surface area contributed by atoms with Gasteiger partial charge in [0.1, 0.15) is 6.61 Å². The average Bonchev–Trinajstić information content (AvgIpc) is 2.30. The van der Waals surface area contributed by atoms with Crippen LogP contribution in [0, 0.1) is 0 Å². The predicted octanol–water partition coefficient (Wildman–Crippen LogP) is 1.29. The van der Waals surface area contributed by atoms with Crippen molar-refractivity contribution in [2.45, 2.75) is 6.42 Å². The van der Waals surface area contributed by atoms with E-state index in [9.17, 15) is 9.32 Å². The minimum absolute atomic E-state index is 0.121. The lowest BCUT2D eigenvalue weighted by atomic mass is 10.1. The van der Waals surface area contributed by atoms with Gasteiger partial charge in [0.15, 0.2) is 0 Å². The Bertz CT molecular complexity index is 327. The number of nitrogens with one attached hydrogen (secondary N) is 2. The van der Waals surface area contributed by atoms with Gasteiger partial charge < -0.3 is 10.6 Å². The molecule has 0 fully saturated rings. The molecule has 5 heteroatoms. The first-order valence-electron chi connectivity index (χ1n) is 5.03. The molecule has 0 unspecified atom stereocenters. The van der Waals surface area contributed by atoms with Crippen LogP contribution in [0.2, 0.25) is 0 Å². The van der Waals surface area contributed by atoms with Crippen molar-refractivity contribution in [1.29, 1.82) is 0 Å². The van der Waals surface area contributed by atoms with Gasteiger partial charge in [-0.25, -0.2) is 0 Å². The summed E-state index contributed by atoms with van der Waals surface area (Å²) in [6.45, 7) is 0.0639. The molecule has 0 bridgehead atoms. The highest BCUT2D eigenvalue weighted by Crippen LogP contribution is 2.08. The van der Waals surface area contributed by atoms with Crippen LogP contribution in [0.4, 0.5) is 10.2 Å². The van der Waals surface area contributed by atoms with Gasteiger partial charge in [0, 0.05) is 19.3 Å². The summed E-state index contributed by atoms with van der Waals surface area (Å²) in [5.74, 6) is -0.144. The number of hydrogen-bond donors (Lipinski definition) is 2. The maximum atomic E-state index is 11.3. The van der Waals surface area contributed by atoms with Crippen molar-refractivity contribution in [1.82, 2.24) is 5.32 Å². The van der Waals surface area contributed by atoms with Gasteiger partial charge in [-0.2, -0.15) is 4.94 Å². The lowest BCUT2D eigenvalue weighted by molar-refractivity contribution is -0.134. The van der Waals surface area contributed by atoms with Gasteiger partial charge in [-0.15, -0.1) is 0 Å². The highest BCUT2D eigenvalue weighted by molar-refractivity contribution is 5.78. The maximum absolute atomic E-state index is 11.3. The third-order valence-electron chi connectivity index (χ3n) is 2.11. The van der Waals surface area contributed by atoms with Gasteiger partial charge in [0.2, 0.25) is 5.91 Å². The summed E-state index contributed by atoms with van der Waals surface area (Å²) >= 11 is 0. The molecule has 1 rings (SSSR count). The number of anilines is 1. The van der Waals surface area contributed by atoms with E-state index >= 15 is 0 Å². The number of halogens is 1. The predicted molar refractivity (Wildman–Crippen MR) is 59.8 cm³/mol. The Morgan fingerprint density at radius 1 is 1.38 bits per heavy atom. The topological polar surface area (TPSA) is 50.4 Å². The molecule has 0 aliphatic carbocycles. The Labute approximate surface area is 93.7 Å². The van der Waals surface area contributed by atoms with E-state index in [-0.39, 0.29) is 25.5 Å². The normalized spacial score (nSPS) is 9.88. The fourth-order valence-electron chi connectivity index (χ4n) is 1.27. The number of rotatable bonds is 6. The van der Waals surface area contributed by atoms with Crippen LogP contribution in [0.25, 0.3) is 0 Å². The molecule has 0 heterocycles. The Hall–Kier alpha value is -1.62. The highest BCUT2D eigenvalue weighted by atomic mass is 19.3. The first-order valence-corrected chi connectivity index (χ1v) is 5.03. The number of hydrogen-bond acceptors (Lipinski definition) is 3. The van der Waals surface area contributed by atoms with Crippen LogP contribution in [0.3, 0.4) is 0 Å². The van der Waals surface area contributed by atoms with Gasteiger partial charge in [-0.05, 0) is 22.2 Å². The second-order valence-corrected chi connectivity index (χ2v) is 3.29. The summed E-state index contributed by atoms with van der Waals surface area (Å²) in [6, 6.07) is 7.54. The Morgan fingerprint density at radius 2 is 2.06 bits per heavy atom. The first-order chi connectivity index (χ1) is 7.76. The molecular weight excluding hydrogens is 211 g/mol. The molecule has 88 valence electrons. The van der Waals surface area contributed by atoms with Crippen molar-refractivity contribution in [3.63, 3.8) is 0 Å². The van der Waals surface area contributed by atoms with E-state index in [1.165, 1.54) is 0 Å². The summed E-state index contributed by atoms with van der Waals surface area (Å²) in [5, 5.41) is 5.53. The maximum Gasteiger partial charge on any atom is 0.224 e. The van der Waals surface area contributed by atoms with E-state index in [1.807, 2.05) is 31.3 Å². The monoisotopic (exact) mass is 226 g/mol. The van der Waals surface area contributed by atoms with Gasteiger partial charge in [0.05, 0.1) is 6.42 Å². The van der Waals surface area contributed by atoms with E-state index in [2.05, 4.69) is 15.6 Å². The molecule has 2 N–H and O–H groups in total. The van der Waals surface area contributed by atoms with Crippen molar-refractivity contribution in [2.24, 2.45) is 0 Å². The van der Waals surface area contributed by atoms with Crippen LogP contribution >= 0.6 is 0 Å². The Morgan fingerprint density at radius 3 is 2.62 bits per heavy atom. The second-order valence-electron chi connectivity index (χ2n) is 3.29. The molecule has 0 radical (unpaired) electrons. The molecule has 1 aromatic carbocycles. The first kappa shape index (κ1) is 12.4. The minimum Gasteiger partial charge on any atom is -0.388 e. The number of amides is 1. The standard InChI is InChI=1S/C11H15FN2O2/c1-13-10-4-2-9(3-5-10)8-11(15)14-6-7-16-12/h2-5,13H,6-8H2,1H3,(H,14,15). The average molecular weight is 226 g/mol. The summed E-state index contributed by atoms with van der Waals surface area (Å²) < 4.78 is 11.3. The molecule has 16 heavy (non-hydrogen) atoms. The van der Waals surface area contributed by atoms with E-state index in [1.54, 1.807) is 0 Å². The van der Waals surface area contributed by atoms with Crippen LogP contribution < -0.4 is 10.6 Å². The molecule has 4 nitrogen and oxygen atoms in total. The van der Waals surface area contributed by atoms with Crippen molar-refractivity contribution >= 4 is 11.6 Å². The zero-order valence-corrected chi connectivity index (χ0v) is 9.13. The quantitative estimate of drug-likeness (QED) is 0.719. The van der Waals surface area contributed by atoms with E-state index < -0.39 is 0 Å². The van der Waals surface area contributed by atoms with Crippen molar-refractivity contribution in [3.05, 3.63) is 29.8 Å².